The highest BCUT2D eigenvalue weighted by molar-refractivity contribution is 5.46. The van der Waals surface area contributed by atoms with Crippen molar-refractivity contribution in [3.63, 3.8) is 0 Å². The fourth-order valence-electron chi connectivity index (χ4n) is 1.56. The largest absolute Gasteiger partial charge is 0.487 e. The molecule has 0 amide bonds. The maximum atomic E-state index is 8.93. The topological polar surface area (TPSA) is 101 Å². The molecule has 0 unspecified atom stereocenters. The first-order valence-electron chi connectivity index (χ1n) is 6.98. The molecular formula is C15H21NO6. The van der Waals surface area contributed by atoms with Crippen LogP contribution in [0.15, 0.2) is 18.2 Å². The van der Waals surface area contributed by atoms with Gasteiger partial charge in [-0.3, -0.25) is 0 Å². The third kappa shape index (κ3) is 7.24. The molecule has 0 aliphatic heterocycles. The summed E-state index contributed by atoms with van der Waals surface area (Å²) in [5.41, 5.74) is 0.468. The van der Waals surface area contributed by atoms with Crippen molar-refractivity contribution in [3.8, 4) is 17.6 Å². The first kappa shape index (κ1) is 18.2. The lowest BCUT2D eigenvalue weighted by Crippen LogP contribution is -2.12. The van der Waals surface area contributed by atoms with Gasteiger partial charge in [-0.1, -0.05) is 0 Å². The number of ether oxygens (including phenoxy) is 4. The van der Waals surface area contributed by atoms with E-state index in [0.717, 1.165) is 0 Å². The van der Waals surface area contributed by atoms with E-state index in [1.54, 1.807) is 18.2 Å². The van der Waals surface area contributed by atoms with Gasteiger partial charge in [-0.05, 0) is 12.1 Å². The number of aliphatic hydroxyl groups excluding tert-OH is 2. The number of nitrogens with zero attached hydrogens (tertiary/aromatic N) is 1. The molecule has 1 aromatic carbocycles. The van der Waals surface area contributed by atoms with E-state index in [4.69, 9.17) is 34.4 Å². The Morgan fingerprint density at radius 3 is 1.95 bits per heavy atom. The SMILES string of the molecule is N#Cc1ccc(OCCOCCO)c(OCCOCCO)c1. The lowest BCUT2D eigenvalue weighted by atomic mass is 10.2. The molecule has 0 spiro atoms. The van der Waals surface area contributed by atoms with E-state index >= 15 is 0 Å². The first-order chi connectivity index (χ1) is 10.8. The lowest BCUT2D eigenvalue weighted by molar-refractivity contribution is 0.0645. The Morgan fingerprint density at radius 1 is 0.818 bits per heavy atom. The van der Waals surface area contributed by atoms with Crippen molar-refractivity contribution in [2.45, 2.75) is 0 Å². The molecule has 22 heavy (non-hydrogen) atoms. The maximum Gasteiger partial charge on any atom is 0.162 e. The Balaban J connectivity index is 2.49. The monoisotopic (exact) mass is 311 g/mol. The summed E-state index contributed by atoms with van der Waals surface area (Å²) in [6, 6.07) is 6.93. The molecule has 1 aromatic rings. The van der Waals surface area contributed by atoms with E-state index in [2.05, 4.69) is 0 Å². The molecule has 7 heteroatoms. The smallest absolute Gasteiger partial charge is 0.162 e. The Kier molecular flexibility index (Phi) is 9.74. The van der Waals surface area contributed by atoms with E-state index in [-0.39, 0.29) is 33.0 Å². The second-order valence-corrected chi connectivity index (χ2v) is 4.14. The predicted molar refractivity (Wildman–Crippen MR) is 78.0 cm³/mol. The minimum absolute atomic E-state index is 0.0287. The molecule has 2 N–H and O–H groups in total. The predicted octanol–water partition coefficient (Wildman–Crippen LogP) is 0.334. The van der Waals surface area contributed by atoms with Gasteiger partial charge in [-0.2, -0.15) is 5.26 Å². The van der Waals surface area contributed by atoms with Crippen molar-refractivity contribution >= 4 is 0 Å². The van der Waals surface area contributed by atoms with Crippen LogP contribution in [0.1, 0.15) is 5.56 Å². The zero-order valence-electron chi connectivity index (χ0n) is 12.4. The minimum atomic E-state index is -0.0356. The van der Waals surface area contributed by atoms with Gasteiger partial charge in [0.2, 0.25) is 0 Å². The summed E-state index contributed by atoms with van der Waals surface area (Å²) in [5.74, 6) is 0.961. The molecule has 0 bridgehead atoms. The summed E-state index contributed by atoms with van der Waals surface area (Å²) < 4.78 is 21.3. The van der Waals surface area contributed by atoms with Crippen LogP contribution in [0.25, 0.3) is 0 Å². The summed E-state index contributed by atoms with van der Waals surface area (Å²) in [4.78, 5) is 0. The second-order valence-electron chi connectivity index (χ2n) is 4.14. The van der Waals surface area contributed by atoms with Crippen molar-refractivity contribution in [1.29, 1.82) is 5.26 Å². The van der Waals surface area contributed by atoms with Crippen molar-refractivity contribution in [1.82, 2.24) is 0 Å². The average Bonchev–Trinajstić information content (AvgIpc) is 2.55. The van der Waals surface area contributed by atoms with Crippen molar-refractivity contribution < 1.29 is 29.2 Å². The number of hydrogen-bond acceptors (Lipinski definition) is 7. The Labute approximate surface area is 129 Å². The van der Waals surface area contributed by atoms with Crippen LogP contribution in [0.3, 0.4) is 0 Å². The van der Waals surface area contributed by atoms with Crippen molar-refractivity contribution in [2.75, 3.05) is 52.9 Å². The zero-order valence-corrected chi connectivity index (χ0v) is 12.4. The summed E-state index contributed by atoms with van der Waals surface area (Å²) in [7, 11) is 0. The van der Waals surface area contributed by atoms with E-state index in [1.165, 1.54) is 0 Å². The van der Waals surface area contributed by atoms with E-state index in [9.17, 15) is 0 Å². The Bertz CT molecular complexity index is 460. The Morgan fingerprint density at radius 2 is 1.41 bits per heavy atom. The minimum Gasteiger partial charge on any atom is -0.487 e. The van der Waals surface area contributed by atoms with Gasteiger partial charge in [-0.15, -0.1) is 0 Å². The van der Waals surface area contributed by atoms with Crippen LogP contribution in [0.4, 0.5) is 0 Å². The number of nitriles is 1. The van der Waals surface area contributed by atoms with Gasteiger partial charge in [0.1, 0.15) is 13.2 Å². The van der Waals surface area contributed by atoms with Crippen LogP contribution in [0, 0.1) is 11.3 Å². The van der Waals surface area contributed by atoms with Gasteiger partial charge < -0.3 is 29.2 Å². The molecule has 0 aromatic heterocycles. The molecule has 1 rings (SSSR count). The molecule has 0 saturated carbocycles. The zero-order chi connectivity index (χ0) is 16.0. The fourth-order valence-corrected chi connectivity index (χ4v) is 1.56. The Hall–Kier alpha value is -1.85. The average molecular weight is 311 g/mol. The molecule has 0 aliphatic carbocycles. The highest BCUT2D eigenvalue weighted by Crippen LogP contribution is 2.28. The molecular weight excluding hydrogens is 290 g/mol. The van der Waals surface area contributed by atoms with Crippen molar-refractivity contribution in [3.05, 3.63) is 23.8 Å². The summed E-state index contributed by atoms with van der Waals surface area (Å²) >= 11 is 0. The van der Waals surface area contributed by atoms with Gasteiger partial charge in [0, 0.05) is 6.07 Å². The summed E-state index contributed by atoms with van der Waals surface area (Å²) in [6.45, 7) is 1.73. The summed E-state index contributed by atoms with van der Waals surface area (Å²) in [6.07, 6.45) is 0. The van der Waals surface area contributed by atoms with Crippen LogP contribution in [0.2, 0.25) is 0 Å². The van der Waals surface area contributed by atoms with Gasteiger partial charge >= 0.3 is 0 Å². The van der Waals surface area contributed by atoms with Crippen LogP contribution >= 0.6 is 0 Å². The van der Waals surface area contributed by atoms with E-state index < -0.39 is 0 Å². The van der Waals surface area contributed by atoms with E-state index in [1.807, 2.05) is 6.07 Å². The molecule has 0 radical (unpaired) electrons. The quantitative estimate of drug-likeness (QED) is 0.536. The third-order valence-electron chi connectivity index (χ3n) is 2.51. The summed E-state index contributed by atoms with van der Waals surface area (Å²) in [5, 5.41) is 26.1. The second kappa shape index (κ2) is 11.8. The lowest BCUT2D eigenvalue weighted by Gasteiger charge is -2.13. The number of aliphatic hydroxyl groups is 2. The number of rotatable bonds is 12. The van der Waals surface area contributed by atoms with Crippen LogP contribution in [0.5, 0.6) is 11.5 Å². The molecule has 0 heterocycles. The molecule has 0 aliphatic rings. The van der Waals surface area contributed by atoms with Crippen LogP contribution in [-0.4, -0.2) is 63.1 Å². The van der Waals surface area contributed by atoms with Gasteiger partial charge in [-0.25, -0.2) is 0 Å². The highest BCUT2D eigenvalue weighted by Gasteiger charge is 2.07. The maximum absolute atomic E-state index is 8.93. The molecule has 0 fully saturated rings. The van der Waals surface area contributed by atoms with Crippen LogP contribution in [-0.2, 0) is 9.47 Å². The molecule has 7 nitrogen and oxygen atoms in total. The van der Waals surface area contributed by atoms with Crippen LogP contribution < -0.4 is 9.47 Å². The highest BCUT2D eigenvalue weighted by atomic mass is 16.6. The van der Waals surface area contributed by atoms with Crippen molar-refractivity contribution in [2.24, 2.45) is 0 Å². The van der Waals surface area contributed by atoms with E-state index in [0.29, 0.717) is 36.9 Å². The number of hydrogen-bond donors (Lipinski definition) is 2. The molecule has 0 saturated heterocycles. The standard InChI is InChI=1S/C15H21NO6/c16-12-13-1-2-14(21-9-7-19-5-3-17)15(11-13)22-10-8-20-6-4-18/h1-2,11,17-18H,3-10H2. The number of benzene rings is 1. The molecule has 0 atom stereocenters. The molecule has 122 valence electrons. The van der Waals surface area contributed by atoms with Gasteiger partial charge in [0.25, 0.3) is 0 Å². The normalized spacial score (nSPS) is 10.2. The van der Waals surface area contributed by atoms with Gasteiger partial charge in [0.15, 0.2) is 11.5 Å². The third-order valence-corrected chi connectivity index (χ3v) is 2.51. The first-order valence-corrected chi connectivity index (χ1v) is 6.98. The fraction of sp³-hybridized carbons (Fsp3) is 0.533. The van der Waals surface area contributed by atoms with Gasteiger partial charge in [0.05, 0.1) is 51.3 Å².